The Hall–Kier alpha value is -2.84. The molecule has 0 aromatic carbocycles. The molecule has 0 spiro atoms. The third-order valence-corrected chi connectivity index (χ3v) is 2.99. The van der Waals surface area contributed by atoms with Crippen LogP contribution >= 0.6 is 0 Å². The lowest BCUT2D eigenvalue weighted by molar-refractivity contribution is 0.209. The molecule has 2 N–H and O–H groups in total. The van der Waals surface area contributed by atoms with Gasteiger partial charge in [0.15, 0.2) is 5.82 Å². The molecule has 3 rings (SSSR count). The van der Waals surface area contributed by atoms with E-state index in [1.165, 1.54) is 0 Å². The van der Waals surface area contributed by atoms with E-state index >= 15 is 0 Å². The molecular weight excluding hydrogens is 266 g/mol. The lowest BCUT2D eigenvalue weighted by Gasteiger charge is -2.20. The molecule has 20 heavy (non-hydrogen) atoms. The third-order valence-electron chi connectivity index (χ3n) is 2.99. The predicted octanol–water partition coefficient (Wildman–Crippen LogP) is 0.457. The van der Waals surface area contributed by atoms with Crippen LogP contribution < -0.4 is 16.0 Å². The molecule has 2 aromatic heterocycles. The van der Waals surface area contributed by atoms with Crippen LogP contribution in [0.4, 0.5) is 16.4 Å². The van der Waals surface area contributed by atoms with Gasteiger partial charge in [-0.1, -0.05) is 12.2 Å². The van der Waals surface area contributed by atoms with E-state index in [9.17, 15) is 9.59 Å². The van der Waals surface area contributed by atoms with Crippen LogP contribution in [0.1, 0.15) is 5.56 Å². The number of fused-ring (bicyclic) bond motifs is 1. The Labute approximate surface area is 112 Å². The van der Waals surface area contributed by atoms with Crippen LogP contribution in [-0.2, 0) is 0 Å². The average molecular weight is 277 g/mol. The van der Waals surface area contributed by atoms with Crippen molar-refractivity contribution in [1.82, 2.24) is 14.5 Å². The van der Waals surface area contributed by atoms with Crippen molar-refractivity contribution in [1.29, 1.82) is 0 Å². The van der Waals surface area contributed by atoms with Gasteiger partial charge in [0.05, 0.1) is 0 Å². The van der Waals surface area contributed by atoms with E-state index in [4.69, 9.17) is 9.63 Å². The monoisotopic (exact) mass is 277 g/mol. The van der Waals surface area contributed by atoms with Crippen LogP contribution in [0.2, 0.25) is 0 Å². The number of rotatable bonds is 2. The van der Waals surface area contributed by atoms with Gasteiger partial charge in [-0.3, -0.25) is 5.32 Å². The summed E-state index contributed by atoms with van der Waals surface area (Å²) in [5.74, 6) is -0.126. The Morgan fingerprint density at radius 2 is 2.10 bits per heavy atom. The fourth-order valence-corrected chi connectivity index (χ4v) is 2.12. The van der Waals surface area contributed by atoms with Crippen molar-refractivity contribution in [2.75, 3.05) is 23.3 Å². The first-order valence-corrected chi connectivity index (χ1v) is 5.87. The van der Waals surface area contributed by atoms with Crippen LogP contribution in [0.3, 0.4) is 0 Å². The molecule has 1 aliphatic heterocycles. The molecule has 0 atom stereocenters. The van der Waals surface area contributed by atoms with Gasteiger partial charge in [0, 0.05) is 18.7 Å². The molecule has 9 heteroatoms. The highest BCUT2D eigenvalue weighted by molar-refractivity contribution is 5.84. The molecule has 0 saturated carbocycles. The first kappa shape index (κ1) is 12.2. The van der Waals surface area contributed by atoms with Crippen molar-refractivity contribution >= 4 is 23.5 Å². The summed E-state index contributed by atoms with van der Waals surface area (Å²) in [7, 11) is 0. The Morgan fingerprint density at radius 1 is 1.40 bits per heavy atom. The number of nitrogens with one attached hydrogen (secondary N) is 1. The number of hydrogen-bond acceptors (Lipinski definition) is 6. The summed E-state index contributed by atoms with van der Waals surface area (Å²) in [6, 6.07) is 0. The van der Waals surface area contributed by atoms with E-state index in [-0.39, 0.29) is 11.6 Å². The van der Waals surface area contributed by atoms with E-state index < -0.39 is 11.8 Å². The van der Waals surface area contributed by atoms with Crippen LogP contribution in [0.15, 0.2) is 21.5 Å². The standard InChI is InChI=1S/C11H11N5O4/c1-6-7(15-4-2-3-5-15)12-9-14-11(19)20-16(9)8(6)13-10(17)18/h2-3,13H,4-5H2,1H3,(H,17,18). The molecule has 104 valence electrons. The lowest BCUT2D eigenvalue weighted by atomic mass is 10.3. The van der Waals surface area contributed by atoms with E-state index in [0.29, 0.717) is 24.5 Å². The molecule has 0 radical (unpaired) electrons. The van der Waals surface area contributed by atoms with Crippen LogP contribution in [0, 0.1) is 6.92 Å². The molecule has 0 bridgehead atoms. The molecule has 1 amide bonds. The number of nitrogens with zero attached hydrogens (tertiary/aromatic N) is 4. The summed E-state index contributed by atoms with van der Waals surface area (Å²) in [6.07, 6.45) is 2.69. The zero-order valence-electron chi connectivity index (χ0n) is 10.5. The van der Waals surface area contributed by atoms with Gasteiger partial charge in [-0.05, 0) is 6.92 Å². The number of amides is 1. The van der Waals surface area contributed by atoms with Crippen molar-refractivity contribution < 1.29 is 14.4 Å². The van der Waals surface area contributed by atoms with Gasteiger partial charge < -0.3 is 14.5 Å². The van der Waals surface area contributed by atoms with Crippen molar-refractivity contribution in [2.24, 2.45) is 0 Å². The first-order valence-electron chi connectivity index (χ1n) is 5.87. The predicted molar refractivity (Wildman–Crippen MR) is 69.3 cm³/mol. The van der Waals surface area contributed by atoms with Crippen molar-refractivity contribution in [3.63, 3.8) is 0 Å². The summed E-state index contributed by atoms with van der Waals surface area (Å²) < 4.78 is 5.81. The fraction of sp³-hybridized carbons (Fsp3) is 0.273. The normalized spacial score (nSPS) is 14.2. The van der Waals surface area contributed by atoms with E-state index in [0.717, 1.165) is 4.57 Å². The van der Waals surface area contributed by atoms with E-state index in [1.54, 1.807) is 6.92 Å². The second-order valence-electron chi connectivity index (χ2n) is 4.28. The second kappa shape index (κ2) is 4.37. The van der Waals surface area contributed by atoms with Crippen LogP contribution in [0.5, 0.6) is 0 Å². The Morgan fingerprint density at radius 3 is 2.75 bits per heavy atom. The summed E-state index contributed by atoms with van der Waals surface area (Å²) in [4.78, 5) is 31.9. The Kier molecular flexibility index (Phi) is 2.67. The Bertz CT molecular complexity index is 767. The number of aromatic nitrogens is 3. The highest BCUT2D eigenvalue weighted by Gasteiger charge is 2.21. The number of anilines is 2. The van der Waals surface area contributed by atoms with Gasteiger partial charge in [-0.15, -0.1) is 9.56 Å². The molecule has 0 saturated heterocycles. The number of hydrogen-bond donors (Lipinski definition) is 2. The molecule has 0 aliphatic carbocycles. The minimum Gasteiger partial charge on any atom is -0.465 e. The van der Waals surface area contributed by atoms with Crippen molar-refractivity contribution in [2.45, 2.75) is 6.92 Å². The molecule has 1 aliphatic rings. The van der Waals surface area contributed by atoms with Crippen LogP contribution in [0.25, 0.3) is 5.78 Å². The zero-order valence-corrected chi connectivity index (χ0v) is 10.5. The molecular formula is C11H11N5O4. The summed E-state index contributed by atoms with van der Waals surface area (Å²) in [6.45, 7) is 3.03. The van der Waals surface area contributed by atoms with Crippen molar-refractivity contribution in [3.05, 3.63) is 28.3 Å². The van der Waals surface area contributed by atoms with Crippen LogP contribution in [-0.4, -0.2) is 38.8 Å². The smallest absolute Gasteiger partial charge is 0.461 e. The second-order valence-corrected chi connectivity index (χ2v) is 4.28. The molecule has 0 unspecified atom stereocenters. The van der Waals surface area contributed by atoms with Crippen molar-refractivity contribution in [3.8, 4) is 0 Å². The minimum absolute atomic E-state index is 0.0197. The molecule has 3 heterocycles. The maximum atomic E-state index is 11.2. The highest BCUT2D eigenvalue weighted by atomic mass is 16.5. The fourth-order valence-electron chi connectivity index (χ4n) is 2.12. The number of carboxylic acid groups (broad SMARTS) is 1. The maximum Gasteiger partial charge on any atom is 0.461 e. The highest BCUT2D eigenvalue weighted by Crippen LogP contribution is 2.26. The largest absolute Gasteiger partial charge is 0.465 e. The van der Waals surface area contributed by atoms with E-state index in [2.05, 4.69) is 15.3 Å². The topological polar surface area (TPSA) is 113 Å². The van der Waals surface area contributed by atoms with Gasteiger partial charge in [0.25, 0.3) is 5.78 Å². The molecule has 2 aromatic rings. The first-order chi connectivity index (χ1) is 9.56. The average Bonchev–Trinajstić information content (AvgIpc) is 3.00. The Balaban J connectivity index is 2.23. The van der Waals surface area contributed by atoms with Gasteiger partial charge in [0.2, 0.25) is 0 Å². The summed E-state index contributed by atoms with van der Waals surface area (Å²) in [5.41, 5.74) is 0.560. The zero-order chi connectivity index (χ0) is 14.3. The quantitative estimate of drug-likeness (QED) is 0.766. The summed E-state index contributed by atoms with van der Waals surface area (Å²) >= 11 is 0. The van der Waals surface area contributed by atoms with Gasteiger partial charge in [-0.25, -0.2) is 9.59 Å². The lowest BCUT2D eigenvalue weighted by Crippen LogP contribution is -2.23. The van der Waals surface area contributed by atoms with Gasteiger partial charge in [0.1, 0.15) is 5.82 Å². The summed E-state index contributed by atoms with van der Waals surface area (Å²) in [5, 5.41) is 11.1. The molecule has 0 fully saturated rings. The SMILES string of the molecule is Cc1c(N2CC=CC2)nc2nc(=O)on2c1NC(=O)O. The maximum absolute atomic E-state index is 11.2. The minimum atomic E-state index is -1.26. The van der Waals surface area contributed by atoms with Gasteiger partial charge in [-0.2, -0.15) is 4.98 Å². The molecule has 9 nitrogen and oxygen atoms in total. The number of carbonyl (C=O) groups is 1. The third kappa shape index (κ3) is 1.88. The van der Waals surface area contributed by atoms with Gasteiger partial charge >= 0.3 is 11.8 Å². The van der Waals surface area contributed by atoms with E-state index in [1.807, 2.05) is 17.1 Å².